The van der Waals surface area contributed by atoms with Crippen LogP contribution in [0.15, 0.2) is 30.3 Å². The molecule has 122 valence electrons. The normalized spacial score (nSPS) is 19.0. The Labute approximate surface area is 136 Å². The number of benzene rings is 1. The Morgan fingerprint density at radius 3 is 2.78 bits per heavy atom. The average Bonchev–Trinajstić information content (AvgIpc) is 2.89. The molecule has 1 fully saturated rings. The van der Waals surface area contributed by atoms with Crippen molar-refractivity contribution >= 4 is 5.78 Å². The van der Waals surface area contributed by atoms with Gasteiger partial charge in [-0.3, -0.25) is 9.69 Å². The summed E-state index contributed by atoms with van der Waals surface area (Å²) in [6, 6.07) is 9.51. The second-order valence-corrected chi connectivity index (χ2v) is 5.91. The first-order chi connectivity index (χ1) is 11.1. The van der Waals surface area contributed by atoms with Crippen LogP contribution in [0.25, 0.3) is 0 Å². The Balaban J connectivity index is 1.69. The average molecular weight is 314 g/mol. The topological polar surface area (TPSA) is 60.2 Å². The largest absolute Gasteiger partial charge is 0.378 e. The molecular formula is C17H22N4O2. The summed E-state index contributed by atoms with van der Waals surface area (Å²) in [6.07, 6.45) is 0.459. The Bertz CT molecular complexity index is 668. The van der Waals surface area contributed by atoms with Gasteiger partial charge in [0.1, 0.15) is 11.6 Å². The molecule has 1 saturated heterocycles. The molecule has 23 heavy (non-hydrogen) atoms. The number of rotatable bonds is 5. The van der Waals surface area contributed by atoms with Gasteiger partial charge in [-0.05, 0) is 6.92 Å². The molecule has 0 spiro atoms. The number of ether oxygens (including phenoxy) is 1. The van der Waals surface area contributed by atoms with E-state index in [2.05, 4.69) is 15.1 Å². The summed E-state index contributed by atoms with van der Waals surface area (Å²) >= 11 is 0. The maximum Gasteiger partial charge on any atom is 0.164 e. The van der Waals surface area contributed by atoms with E-state index < -0.39 is 0 Å². The molecule has 0 saturated carbocycles. The van der Waals surface area contributed by atoms with Crippen molar-refractivity contribution < 1.29 is 9.53 Å². The van der Waals surface area contributed by atoms with Gasteiger partial charge in [-0.25, -0.2) is 0 Å². The SMILES string of the molecule is Cc1nnc(CN2CCOCC2CC(=O)c2ccccc2)n1C. The molecular weight excluding hydrogens is 292 g/mol. The third-order valence-corrected chi connectivity index (χ3v) is 4.39. The zero-order chi connectivity index (χ0) is 16.2. The van der Waals surface area contributed by atoms with E-state index in [9.17, 15) is 4.79 Å². The van der Waals surface area contributed by atoms with E-state index in [1.807, 2.05) is 48.9 Å². The van der Waals surface area contributed by atoms with Crippen LogP contribution in [0.4, 0.5) is 0 Å². The van der Waals surface area contributed by atoms with E-state index in [4.69, 9.17) is 4.74 Å². The van der Waals surface area contributed by atoms with E-state index in [0.29, 0.717) is 26.2 Å². The van der Waals surface area contributed by atoms with Crippen LogP contribution < -0.4 is 0 Å². The minimum Gasteiger partial charge on any atom is -0.378 e. The fourth-order valence-electron chi connectivity index (χ4n) is 2.81. The zero-order valence-electron chi connectivity index (χ0n) is 13.6. The second-order valence-electron chi connectivity index (χ2n) is 5.91. The number of morpholine rings is 1. The lowest BCUT2D eigenvalue weighted by Gasteiger charge is -2.34. The minimum atomic E-state index is 0.0773. The highest BCUT2D eigenvalue weighted by Crippen LogP contribution is 2.16. The molecule has 0 amide bonds. The van der Waals surface area contributed by atoms with E-state index in [0.717, 1.165) is 23.8 Å². The van der Waals surface area contributed by atoms with Crippen LogP contribution >= 0.6 is 0 Å². The maximum atomic E-state index is 12.5. The first-order valence-electron chi connectivity index (χ1n) is 7.90. The molecule has 0 N–H and O–H groups in total. The molecule has 0 bridgehead atoms. The van der Waals surface area contributed by atoms with Crippen LogP contribution in [0, 0.1) is 6.92 Å². The summed E-state index contributed by atoms with van der Waals surface area (Å²) in [5.74, 6) is 1.96. The van der Waals surface area contributed by atoms with Crippen LogP contribution in [0.5, 0.6) is 0 Å². The predicted molar refractivity (Wildman–Crippen MR) is 86.1 cm³/mol. The minimum absolute atomic E-state index is 0.0773. The molecule has 2 aromatic rings. The van der Waals surface area contributed by atoms with Gasteiger partial charge in [0.15, 0.2) is 5.78 Å². The third kappa shape index (κ3) is 3.65. The quantitative estimate of drug-likeness (QED) is 0.785. The van der Waals surface area contributed by atoms with Crippen molar-refractivity contribution in [2.45, 2.75) is 25.9 Å². The van der Waals surface area contributed by atoms with E-state index in [1.165, 1.54) is 0 Å². The van der Waals surface area contributed by atoms with Crippen molar-refractivity contribution in [3.8, 4) is 0 Å². The van der Waals surface area contributed by atoms with Crippen LogP contribution in [0.2, 0.25) is 0 Å². The van der Waals surface area contributed by atoms with Gasteiger partial charge in [0.05, 0.1) is 19.8 Å². The van der Waals surface area contributed by atoms with Gasteiger partial charge in [0, 0.05) is 31.6 Å². The molecule has 1 aromatic heterocycles. The number of carbonyl (C=O) groups excluding carboxylic acids is 1. The van der Waals surface area contributed by atoms with Crippen LogP contribution in [0.1, 0.15) is 28.4 Å². The number of ketones is 1. The lowest BCUT2D eigenvalue weighted by molar-refractivity contribution is -0.0140. The van der Waals surface area contributed by atoms with Gasteiger partial charge in [-0.1, -0.05) is 30.3 Å². The van der Waals surface area contributed by atoms with E-state index in [1.54, 1.807) is 0 Å². The van der Waals surface area contributed by atoms with Crippen LogP contribution in [-0.4, -0.2) is 51.2 Å². The molecule has 6 nitrogen and oxygen atoms in total. The van der Waals surface area contributed by atoms with Crippen molar-refractivity contribution in [3.05, 3.63) is 47.5 Å². The number of aromatic nitrogens is 3. The first-order valence-corrected chi connectivity index (χ1v) is 7.90. The number of nitrogens with zero attached hydrogens (tertiary/aromatic N) is 4. The Morgan fingerprint density at radius 2 is 2.09 bits per heavy atom. The molecule has 1 aliphatic heterocycles. The van der Waals surface area contributed by atoms with Gasteiger partial charge < -0.3 is 9.30 Å². The lowest BCUT2D eigenvalue weighted by atomic mass is 10.0. The third-order valence-electron chi connectivity index (χ3n) is 4.39. The second kappa shape index (κ2) is 7.02. The van der Waals surface area contributed by atoms with Gasteiger partial charge in [-0.2, -0.15) is 0 Å². The van der Waals surface area contributed by atoms with Gasteiger partial charge >= 0.3 is 0 Å². The van der Waals surface area contributed by atoms with E-state index in [-0.39, 0.29) is 11.8 Å². The Hall–Kier alpha value is -2.05. The number of hydrogen-bond donors (Lipinski definition) is 0. The molecule has 1 unspecified atom stereocenters. The highest BCUT2D eigenvalue weighted by atomic mass is 16.5. The Morgan fingerprint density at radius 1 is 1.30 bits per heavy atom. The molecule has 6 heteroatoms. The van der Waals surface area contributed by atoms with Crippen LogP contribution in [0.3, 0.4) is 0 Å². The smallest absolute Gasteiger partial charge is 0.164 e. The van der Waals surface area contributed by atoms with Crippen molar-refractivity contribution in [3.63, 3.8) is 0 Å². The first kappa shape index (κ1) is 15.8. The highest BCUT2D eigenvalue weighted by Gasteiger charge is 2.27. The maximum absolute atomic E-state index is 12.5. The van der Waals surface area contributed by atoms with Crippen LogP contribution in [-0.2, 0) is 18.3 Å². The Kier molecular flexibility index (Phi) is 4.83. The van der Waals surface area contributed by atoms with Gasteiger partial charge in [0.25, 0.3) is 0 Å². The monoisotopic (exact) mass is 314 g/mol. The molecule has 1 aliphatic rings. The summed E-state index contributed by atoms with van der Waals surface area (Å²) < 4.78 is 7.58. The molecule has 0 radical (unpaired) electrons. The standard InChI is InChI=1S/C17H22N4O2/c1-13-18-19-17(20(13)2)11-21-8-9-23-12-15(21)10-16(22)14-6-4-3-5-7-14/h3-7,15H,8-12H2,1-2H3. The number of hydrogen-bond acceptors (Lipinski definition) is 5. The molecule has 1 atom stereocenters. The fraction of sp³-hybridized carbons (Fsp3) is 0.471. The predicted octanol–water partition coefficient (Wildman–Crippen LogP) is 1.60. The summed E-state index contributed by atoms with van der Waals surface area (Å²) in [6.45, 7) is 4.70. The number of carbonyl (C=O) groups is 1. The number of aryl methyl sites for hydroxylation is 1. The fourth-order valence-corrected chi connectivity index (χ4v) is 2.81. The molecule has 3 rings (SSSR count). The molecule has 2 heterocycles. The molecule has 0 aliphatic carbocycles. The van der Waals surface area contributed by atoms with Crippen molar-refractivity contribution in [2.24, 2.45) is 7.05 Å². The van der Waals surface area contributed by atoms with Gasteiger partial charge in [-0.15, -0.1) is 10.2 Å². The summed E-state index contributed by atoms with van der Waals surface area (Å²) in [4.78, 5) is 14.7. The molecule has 1 aromatic carbocycles. The summed E-state index contributed by atoms with van der Waals surface area (Å²) in [7, 11) is 1.97. The van der Waals surface area contributed by atoms with Crippen molar-refractivity contribution in [2.75, 3.05) is 19.8 Å². The summed E-state index contributed by atoms with van der Waals surface area (Å²) in [5.41, 5.74) is 0.757. The number of Topliss-reactive ketones (excluding diaryl/α,β-unsaturated/α-hetero) is 1. The van der Waals surface area contributed by atoms with E-state index >= 15 is 0 Å². The lowest BCUT2D eigenvalue weighted by Crippen LogP contribution is -2.46. The van der Waals surface area contributed by atoms with Crippen molar-refractivity contribution in [1.29, 1.82) is 0 Å². The zero-order valence-corrected chi connectivity index (χ0v) is 13.6. The van der Waals surface area contributed by atoms with Gasteiger partial charge in [0.2, 0.25) is 0 Å². The summed E-state index contributed by atoms with van der Waals surface area (Å²) in [5, 5.41) is 8.33. The van der Waals surface area contributed by atoms with Crippen molar-refractivity contribution in [1.82, 2.24) is 19.7 Å². The highest BCUT2D eigenvalue weighted by molar-refractivity contribution is 5.96.